The van der Waals surface area contributed by atoms with Crippen molar-refractivity contribution in [3.05, 3.63) is 12.3 Å². The van der Waals surface area contributed by atoms with Crippen LogP contribution in [0.25, 0.3) is 0 Å². The average molecular weight is 671 g/mol. The SMILES string of the molecule is CC(=O)NC1C(O)OC(CO)C(O)C1OC1OCC(OC2OC(CO)C(O)C(OC3OC=CC(O)C3O)C2NC(C)=O)C(O)C1O. The van der Waals surface area contributed by atoms with Crippen LogP contribution in [0.3, 0.4) is 0 Å². The van der Waals surface area contributed by atoms with Gasteiger partial charge in [0.05, 0.1) is 26.1 Å². The molecule has 264 valence electrons. The zero-order chi connectivity index (χ0) is 33.9. The van der Waals surface area contributed by atoms with Gasteiger partial charge < -0.3 is 89.8 Å². The topological polar surface area (TPSA) is 305 Å². The molecule has 0 spiro atoms. The fraction of sp³-hybridized carbons (Fsp3) is 0.846. The molecule has 11 N–H and O–H groups in total. The van der Waals surface area contributed by atoms with E-state index in [1.807, 2.05) is 0 Å². The number of carbonyl (C=O) groups excluding carboxylic acids is 2. The molecule has 0 bridgehead atoms. The van der Waals surface area contributed by atoms with E-state index in [1.54, 1.807) is 0 Å². The number of nitrogens with one attached hydrogen (secondary N) is 2. The van der Waals surface area contributed by atoms with Gasteiger partial charge in [-0.2, -0.15) is 0 Å². The normalized spacial score (nSPS) is 46.3. The first-order chi connectivity index (χ1) is 21.8. The Morgan fingerprint density at radius 1 is 0.717 bits per heavy atom. The molecule has 0 radical (unpaired) electrons. The van der Waals surface area contributed by atoms with Gasteiger partial charge in [-0.25, -0.2) is 0 Å². The van der Waals surface area contributed by atoms with E-state index in [1.165, 1.54) is 0 Å². The molecule has 4 heterocycles. The summed E-state index contributed by atoms with van der Waals surface area (Å²) in [6.07, 6.45) is -21.3. The second-order valence-electron chi connectivity index (χ2n) is 11.3. The van der Waals surface area contributed by atoms with E-state index in [-0.39, 0.29) is 0 Å². The molecule has 4 aliphatic rings. The summed E-state index contributed by atoms with van der Waals surface area (Å²) < 4.78 is 38.8. The molecule has 0 aromatic carbocycles. The molecule has 3 saturated heterocycles. The lowest BCUT2D eigenvalue weighted by molar-refractivity contribution is -0.352. The highest BCUT2D eigenvalue weighted by atomic mass is 16.7. The van der Waals surface area contributed by atoms with Gasteiger partial charge in [0.15, 0.2) is 18.9 Å². The molecule has 0 saturated carbocycles. The first-order valence-corrected chi connectivity index (χ1v) is 14.5. The molecule has 4 rings (SSSR count). The van der Waals surface area contributed by atoms with Gasteiger partial charge in [-0.3, -0.25) is 9.59 Å². The third kappa shape index (κ3) is 8.11. The Balaban J connectivity index is 1.49. The minimum absolute atomic E-state index is 0.509. The first kappa shape index (κ1) is 36.7. The molecular formula is C26H42N2O18. The zero-order valence-corrected chi connectivity index (χ0v) is 24.8. The molecule has 17 unspecified atom stereocenters. The van der Waals surface area contributed by atoms with E-state index in [2.05, 4.69) is 10.6 Å². The Labute approximate surface area is 262 Å². The highest BCUT2D eigenvalue weighted by Crippen LogP contribution is 2.32. The van der Waals surface area contributed by atoms with Crippen LogP contribution in [-0.4, -0.2) is 182 Å². The van der Waals surface area contributed by atoms with Crippen molar-refractivity contribution < 1.29 is 88.7 Å². The van der Waals surface area contributed by atoms with Crippen molar-refractivity contribution in [2.75, 3.05) is 19.8 Å². The predicted molar refractivity (Wildman–Crippen MR) is 143 cm³/mol. The zero-order valence-electron chi connectivity index (χ0n) is 24.8. The van der Waals surface area contributed by atoms with Crippen molar-refractivity contribution in [2.45, 2.75) is 118 Å². The van der Waals surface area contributed by atoms with Crippen LogP contribution in [-0.2, 0) is 42.7 Å². The van der Waals surface area contributed by atoms with Crippen LogP contribution in [0.2, 0.25) is 0 Å². The lowest BCUT2D eigenvalue weighted by Gasteiger charge is -2.48. The van der Waals surface area contributed by atoms with Crippen molar-refractivity contribution in [3.8, 4) is 0 Å². The van der Waals surface area contributed by atoms with Crippen molar-refractivity contribution in [1.29, 1.82) is 0 Å². The highest BCUT2D eigenvalue weighted by Gasteiger charge is 2.53. The molecule has 4 aliphatic heterocycles. The van der Waals surface area contributed by atoms with Gasteiger partial charge in [0.1, 0.15) is 79.2 Å². The monoisotopic (exact) mass is 670 g/mol. The lowest BCUT2D eigenvalue weighted by Crippen LogP contribution is -2.68. The second-order valence-corrected chi connectivity index (χ2v) is 11.3. The molecular weight excluding hydrogens is 628 g/mol. The average Bonchev–Trinajstić information content (AvgIpc) is 3.00. The molecule has 3 fully saturated rings. The first-order valence-electron chi connectivity index (χ1n) is 14.5. The summed E-state index contributed by atoms with van der Waals surface area (Å²) in [4.78, 5) is 23.8. The number of ether oxygens (including phenoxy) is 7. The Hall–Kier alpha value is -2.12. The number of hydrogen-bond acceptors (Lipinski definition) is 18. The summed E-state index contributed by atoms with van der Waals surface area (Å²) in [7, 11) is 0. The number of amides is 2. The number of carbonyl (C=O) groups is 2. The third-order valence-corrected chi connectivity index (χ3v) is 7.91. The minimum Gasteiger partial charge on any atom is -0.470 e. The van der Waals surface area contributed by atoms with Gasteiger partial charge >= 0.3 is 0 Å². The Kier molecular flexibility index (Phi) is 12.7. The van der Waals surface area contributed by atoms with E-state index >= 15 is 0 Å². The van der Waals surface area contributed by atoms with Crippen LogP contribution >= 0.6 is 0 Å². The fourth-order valence-electron chi connectivity index (χ4n) is 5.53. The van der Waals surface area contributed by atoms with Crippen molar-refractivity contribution in [2.24, 2.45) is 0 Å². The van der Waals surface area contributed by atoms with Crippen molar-refractivity contribution >= 4 is 11.8 Å². The van der Waals surface area contributed by atoms with Gasteiger partial charge in [0.25, 0.3) is 0 Å². The lowest BCUT2D eigenvalue weighted by atomic mass is 9.95. The quantitative estimate of drug-likeness (QED) is 0.103. The van der Waals surface area contributed by atoms with Gasteiger partial charge in [0.2, 0.25) is 18.1 Å². The Bertz CT molecular complexity index is 1050. The molecule has 0 aliphatic carbocycles. The highest BCUT2D eigenvalue weighted by molar-refractivity contribution is 5.73. The van der Waals surface area contributed by atoms with Gasteiger partial charge in [0, 0.05) is 13.8 Å². The molecule has 46 heavy (non-hydrogen) atoms. The standard InChI is InChI=1S/C26H42N2O18/c1-8(31)27-14-21(18(36)11(5-29)42-23(14)39)45-26-20(38)17(35)13(7-41-26)44-24-15(28-9(2)32)22(19(37)12(6-30)43-24)46-25-16(34)10(33)3-4-40-25/h3-4,10-26,29-30,33-39H,5-7H2,1-2H3,(H,27,31)(H,28,32). The number of aliphatic hydroxyl groups is 9. The van der Waals surface area contributed by atoms with Gasteiger partial charge in [-0.1, -0.05) is 0 Å². The Morgan fingerprint density at radius 2 is 1.28 bits per heavy atom. The summed E-state index contributed by atoms with van der Waals surface area (Å²) in [6.45, 7) is 0.263. The van der Waals surface area contributed by atoms with Gasteiger partial charge in [-0.05, 0) is 6.08 Å². The van der Waals surface area contributed by atoms with Crippen LogP contribution in [0.4, 0.5) is 0 Å². The molecule has 17 atom stereocenters. The largest absolute Gasteiger partial charge is 0.470 e. The van der Waals surface area contributed by atoms with Gasteiger partial charge in [-0.15, -0.1) is 0 Å². The van der Waals surface area contributed by atoms with E-state index in [0.29, 0.717) is 0 Å². The summed E-state index contributed by atoms with van der Waals surface area (Å²) in [5, 5.41) is 98.3. The predicted octanol–water partition coefficient (Wildman–Crippen LogP) is -7.03. The van der Waals surface area contributed by atoms with Crippen LogP contribution in [0.1, 0.15) is 13.8 Å². The maximum absolute atomic E-state index is 12.1. The maximum Gasteiger partial charge on any atom is 0.228 e. The maximum atomic E-state index is 12.1. The Morgan fingerprint density at radius 3 is 1.89 bits per heavy atom. The van der Waals surface area contributed by atoms with Crippen molar-refractivity contribution in [1.82, 2.24) is 10.6 Å². The smallest absolute Gasteiger partial charge is 0.228 e. The van der Waals surface area contributed by atoms with Crippen molar-refractivity contribution in [3.63, 3.8) is 0 Å². The van der Waals surface area contributed by atoms with E-state index in [0.717, 1.165) is 26.2 Å². The van der Waals surface area contributed by atoms with E-state index < -0.39 is 136 Å². The number of hydrogen-bond donors (Lipinski definition) is 11. The summed E-state index contributed by atoms with van der Waals surface area (Å²) >= 11 is 0. The molecule has 20 heteroatoms. The van der Waals surface area contributed by atoms with Crippen LogP contribution in [0.15, 0.2) is 12.3 Å². The van der Waals surface area contributed by atoms with Crippen LogP contribution in [0, 0.1) is 0 Å². The van der Waals surface area contributed by atoms with E-state index in [9.17, 15) is 55.5 Å². The van der Waals surface area contributed by atoms with Crippen LogP contribution in [0.5, 0.6) is 0 Å². The minimum atomic E-state index is -1.88. The van der Waals surface area contributed by atoms with E-state index in [4.69, 9.17) is 33.2 Å². The molecule has 20 nitrogen and oxygen atoms in total. The third-order valence-electron chi connectivity index (χ3n) is 7.91. The fourth-order valence-corrected chi connectivity index (χ4v) is 5.53. The molecule has 0 aromatic heterocycles. The molecule has 0 aromatic rings. The summed E-state index contributed by atoms with van der Waals surface area (Å²) in [6, 6.07) is -2.74. The van der Waals surface area contributed by atoms with Crippen LogP contribution < -0.4 is 10.6 Å². The second kappa shape index (κ2) is 15.9. The molecule has 2 amide bonds. The number of aliphatic hydroxyl groups excluding tert-OH is 9. The summed E-state index contributed by atoms with van der Waals surface area (Å²) in [5.74, 6) is -1.27. The number of rotatable bonds is 10. The summed E-state index contributed by atoms with van der Waals surface area (Å²) in [5.41, 5.74) is 0.